The first kappa shape index (κ1) is 57.2. The maximum atomic E-state index is 8.49. The molecule has 350 valence electrons. The van der Waals surface area contributed by atoms with Crippen molar-refractivity contribution in [1.82, 2.24) is 34.9 Å². The third-order valence-corrected chi connectivity index (χ3v) is 7.43. The molecule has 0 aliphatic carbocycles. The van der Waals surface area contributed by atoms with Crippen molar-refractivity contribution in [3.05, 3.63) is 171 Å². The standard InChI is InChI=1S/2C20H14N4.C2H6O.3ClHO4.Fe/c2*1-3-9-22-17(5-1)19-13-16(15-7-11-21-12-8-15)14-20(24-19)18-6-2-4-10-23-18;1-2-3;3*2-1(3,4)5;/h2*1-14H;3H,2H2,1H3;3*(H,2,3,4,5);/q;;;;;;+2/p-2. The summed E-state index contributed by atoms with van der Waals surface area (Å²) in [4.78, 5) is 34.4. The zero-order valence-electron chi connectivity index (χ0n) is 34.3. The summed E-state index contributed by atoms with van der Waals surface area (Å²) in [6, 6.07) is 39.6. The van der Waals surface area contributed by atoms with Crippen LogP contribution in [-0.4, -0.2) is 46.6 Å². The van der Waals surface area contributed by atoms with E-state index >= 15 is 0 Å². The fraction of sp³-hybridized carbons (Fsp3) is 0.0476. The Hall–Kier alpha value is -5.93. The van der Waals surface area contributed by atoms with Crippen LogP contribution in [0.3, 0.4) is 0 Å². The molecular weight excluding hydrogens is 987 g/mol. The predicted octanol–water partition coefficient (Wildman–Crippen LogP) is -6.32. The average molecular weight is 1020 g/mol. The van der Waals surface area contributed by atoms with E-state index in [2.05, 4.69) is 42.0 Å². The van der Waals surface area contributed by atoms with Crippen LogP contribution in [0.4, 0.5) is 0 Å². The number of nitrogens with zero attached hydrogens (tertiary/aromatic N) is 7. The number of hydrogen-bond donors (Lipinski definition) is 1. The normalized spacial score (nSPS) is 10.5. The van der Waals surface area contributed by atoms with E-state index in [-0.39, 0.29) is 23.7 Å². The van der Waals surface area contributed by atoms with E-state index in [9.17, 15) is 0 Å². The minimum atomic E-state index is -4.94. The molecule has 8 heterocycles. The number of aromatic amines is 1. The van der Waals surface area contributed by atoms with Crippen LogP contribution in [0, 0.1) is 30.7 Å². The third kappa shape index (κ3) is 25.0. The van der Waals surface area contributed by atoms with E-state index in [0.717, 1.165) is 67.8 Å². The molecule has 0 aliphatic rings. The Bertz CT molecular complexity index is 2090. The Labute approximate surface area is 399 Å². The summed E-state index contributed by atoms with van der Waals surface area (Å²) in [6.07, 6.45) is 14.5. The van der Waals surface area contributed by atoms with Gasteiger partial charge in [0.05, 0.1) is 45.6 Å². The molecule has 8 rings (SSSR count). The Kier molecular flexibility index (Phi) is 24.7. The van der Waals surface area contributed by atoms with Crippen LogP contribution in [0.2, 0.25) is 0 Å². The van der Waals surface area contributed by atoms with Gasteiger partial charge in [0.25, 0.3) is 0 Å². The molecule has 0 atom stereocenters. The number of nitrogens with one attached hydrogen (secondary N) is 1. The predicted molar refractivity (Wildman–Crippen MR) is 199 cm³/mol. The van der Waals surface area contributed by atoms with Crippen molar-refractivity contribution < 1.29 is 114 Å². The van der Waals surface area contributed by atoms with Gasteiger partial charge in [0.15, 0.2) is 12.4 Å². The summed E-state index contributed by atoms with van der Waals surface area (Å²) in [5.74, 6) is 0. The second-order valence-electron chi connectivity index (χ2n) is 12.1. The van der Waals surface area contributed by atoms with Crippen LogP contribution in [0.15, 0.2) is 171 Å². The number of pyridine rings is 8. The zero-order valence-corrected chi connectivity index (χ0v) is 37.7. The SMILES string of the molecule is CCO.[Fe+2].[O-][Cl+3]([O-])([O-])[O-].[O-][Cl+3]([O-])([O-])[O-].[O-][Cl+3]([O-])([O-])[O-].c1ccc(-c2cc(-c3cc[nH+]cc3)cc(-c3ccccn3)n2)nc1.c1ccc(-c2cc(-c3ccncc3)cc(-c3ccccn3)n2)nc1. The Morgan fingerprint density at radius 1 is 0.388 bits per heavy atom. The molecule has 0 saturated heterocycles. The molecule has 0 radical (unpaired) electrons. The number of rotatable bonds is 6. The molecule has 21 nitrogen and oxygen atoms in total. The van der Waals surface area contributed by atoms with Crippen molar-refractivity contribution in [3.63, 3.8) is 0 Å². The fourth-order valence-corrected chi connectivity index (χ4v) is 5.10. The summed E-state index contributed by atoms with van der Waals surface area (Å²) in [5.41, 5.74) is 11.0. The van der Waals surface area contributed by atoms with Crippen LogP contribution in [0.5, 0.6) is 0 Å². The molecule has 8 aromatic heterocycles. The van der Waals surface area contributed by atoms with Crippen molar-refractivity contribution in [2.75, 3.05) is 6.61 Å². The first-order valence-corrected chi connectivity index (χ1v) is 21.9. The zero-order chi connectivity index (χ0) is 48.6. The van der Waals surface area contributed by atoms with Crippen LogP contribution in [0.1, 0.15) is 6.92 Å². The summed E-state index contributed by atoms with van der Waals surface area (Å²) in [5, 5.41) is 7.57. The van der Waals surface area contributed by atoms with Gasteiger partial charge < -0.3 is 5.11 Å². The van der Waals surface area contributed by atoms with Gasteiger partial charge >= 0.3 is 17.1 Å². The minimum Gasteiger partial charge on any atom is -0.397 e. The van der Waals surface area contributed by atoms with Gasteiger partial charge in [0.1, 0.15) is 0 Å². The number of aliphatic hydroxyl groups excluding tert-OH is 1. The van der Waals surface area contributed by atoms with E-state index in [1.54, 1.807) is 44.1 Å². The molecule has 25 heteroatoms. The van der Waals surface area contributed by atoms with Crippen molar-refractivity contribution in [2.45, 2.75) is 6.92 Å². The second-order valence-corrected chi connectivity index (χ2v) is 14.4. The monoisotopic (exact) mass is 1020 g/mol. The molecule has 67 heavy (non-hydrogen) atoms. The van der Waals surface area contributed by atoms with Gasteiger partial charge in [0.2, 0.25) is 0 Å². The molecule has 2 N–H and O–H groups in total. The van der Waals surface area contributed by atoms with E-state index in [1.807, 2.05) is 122 Å². The Balaban J connectivity index is 0.000000336. The number of hydrogen-bond acceptors (Lipinski definition) is 20. The van der Waals surface area contributed by atoms with Crippen LogP contribution in [0.25, 0.3) is 67.8 Å². The van der Waals surface area contributed by atoms with Crippen LogP contribution >= 0.6 is 0 Å². The van der Waals surface area contributed by atoms with Crippen molar-refractivity contribution >= 4 is 0 Å². The van der Waals surface area contributed by atoms with Crippen molar-refractivity contribution in [2.24, 2.45) is 0 Å². The van der Waals surface area contributed by atoms with Gasteiger partial charge in [-0.15, -0.1) is 30.7 Å². The van der Waals surface area contributed by atoms with E-state index < -0.39 is 30.7 Å². The van der Waals surface area contributed by atoms with Gasteiger partial charge in [-0.1, -0.05) is 24.3 Å². The van der Waals surface area contributed by atoms with Crippen molar-refractivity contribution in [3.8, 4) is 67.8 Å². The Morgan fingerprint density at radius 3 is 0.881 bits per heavy atom. The molecule has 0 unspecified atom stereocenters. The topological polar surface area (TPSA) is 401 Å². The van der Waals surface area contributed by atoms with Gasteiger partial charge in [-0.2, -0.15) is 0 Å². The second kappa shape index (κ2) is 29.0. The van der Waals surface area contributed by atoms with Gasteiger partial charge in [-0.25, -0.2) is 70.9 Å². The average Bonchev–Trinajstić information content (AvgIpc) is 3.29. The van der Waals surface area contributed by atoms with Crippen LogP contribution < -0.4 is 60.9 Å². The number of halogens is 3. The molecular formula is C42H35Cl3FeN8O13. The Morgan fingerprint density at radius 2 is 0.642 bits per heavy atom. The largest absolute Gasteiger partial charge is 2.00 e. The number of H-pyrrole nitrogens is 1. The molecule has 0 aliphatic heterocycles. The van der Waals surface area contributed by atoms with Gasteiger partial charge in [0, 0.05) is 55.9 Å². The maximum Gasteiger partial charge on any atom is 2.00 e. The molecule has 0 saturated carbocycles. The summed E-state index contributed by atoms with van der Waals surface area (Å²) >= 11 is 0. The van der Waals surface area contributed by atoms with Gasteiger partial charge in [-0.3, -0.25) is 24.9 Å². The summed E-state index contributed by atoms with van der Waals surface area (Å²) in [7, 11) is -14.8. The van der Waals surface area contributed by atoms with Gasteiger partial charge in [-0.05, 0) is 114 Å². The summed E-state index contributed by atoms with van der Waals surface area (Å²) < 4.78 is 102. The molecule has 0 aromatic carbocycles. The first-order chi connectivity index (χ1) is 31.2. The molecule has 0 spiro atoms. The summed E-state index contributed by atoms with van der Waals surface area (Å²) in [6.45, 7) is 1.93. The first-order valence-electron chi connectivity index (χ1n) is 18.2. The maximum absolute atomic E-state index is 8.49. The quantitative estimate of drug-likeness (QED) is 0.151. The molecule has 0 fully saturated rings. The fourth-order valence-electron chi connectivity index (χ4n) is 5.10. The molecule has 0 amide bonds. The molecule has 8 aromatic rings. The van der Waals surface area contributed by atoms with E-state index in [0.29, 0.717) is 0 Å². The third-order valence-electron chi connectivity index (χ3n) is 7.43. The van der Waals surface area contributed by atoms with Crippen LogP contribution in [-0.2, 0) is 17.1 Å². The van der Waals surface area contributed by atoms with Crippen molar-refractivity contribution in [1.29, 1.82) is 0 Å². The smallest absolute Gasteiger partial charge is 0.397 e. The molecule has 0 bridgehead atoms. The number of aromatic nitrogens is 8. The number of aliphatic hydroxyl groups is 1. The van der Waals surface area contributed by atoms with E-state index in [4.69, 9.17) is 71.0 Å². The van der Waals surface area contributed by atoms with E-state index in [1.165, 1.54) is 0 Å². The minimum absolute atomic E-state index is 0.